The summed E-state index contributed by atoms with van der Waals surface area (Å²) in [7, 11) is 0. The van der Waals surface area contributed by atoms with Gasteiger partial charge in [0.15, 0.2) is 0 Å². The molecule has 1 fully saturated rings. The van der Waals surface area contributed by atoms with Gasteiger partial charge in [-0.3, -0.25) is 9.78 Å². The van der Waals surface area contributed by atoms with Crippen LogP contribution in [0, 0.1) is 5.41 Å². The Labute approximate surface area is 100 Å². The highest BCUT2D eigenvalue weighted by molar-refractivity contribution is 5.84. The number of aromatic nitrogens is 1. The van der Waals surface area contributed by atoms with Gasteiger partial charge in [0.1, 0.15) is 5.41 Å². The van der Waals surface area contributed by atoms with Crippen molar-refractivity contribution in [2.75, 3.05) is 26.3 Å². The molecule has 5 nitrogen and oxygen atoms in total. The Morgan fingerprint density at radius 2 is 2.41 bits per heavy atom. The van der Waals surface area contributed by atoms with Crippen LogP contribution in [0.5, 0.6) is 0 Å². The number of hydrogen-bond donors (Lipinski definition) is 2. The lowest BCUT2D eigenvalue weighted by Gasteiger charge is -2.38. The van der Waals surface area contributed by atoms with Gasteiger partial charge >= 0.3 is 0 Å². The van der Waals surface area contributed by atoms with E-state index in [0.29, 0.717) is 26.3 Å². The lowest BCUT2D eigenvalue weighted by molar-refractivity contribution is -0.159. The quantitative estimate of drug-likeness (QED) is 0.735. The van der Waals surface area contributed by atoms with Gasteiger partial charge in [0.05, 0.1) is 13.2 Å². The van der Waals surface area contributed by atoms with Crippen molar-refractivity contribution in [3.8, 4) is 0 Å². The average Bonchev–Trinajstić information content (AvgIpc) is 2.30. The summed E-state index contributed by atoms with van der Waals surface area (Å²) < 4.78 is 5.06. The summed E-state index contributed by atoms with van der Waals surface area (Å²) in [5.41, 5.74) is 6.22. The van der Waals surface area contributed by atoms with Crippen molar-refractivity contribution < 1.29 is 9.53 Å². The van der Waals surface area contributed by atoms with Gasteiger partial charge in [0.25, 0.3) is 0 Å². The summed E-state index contributed by atoms with van der Waals surface area (Å²) in [6, 6.07) is 3.88. The molecule has 1 aliphatic heterocycles. The van der Waals surface area contributed by atoms with Crippen LogP contribution in [-0.2, 0) is 16.0 Å². The van der Waals surface area contributed by atoms with Crippen LogP contribution in [0.2, 0.25) is 0 Å². The second kappa shape index (κ2) is 5.25. The first-order valence-corrected chi connectivity index (χ1v) is 5.72. The van der Waals surface area contributed by atoms with Crippen LogP contribution < -0.4 is 11.1 Å². The summed E-state index contributed by atoms with van der Waals surface area (Å²) in [4.78, 5) is 15.9. The molecule has 0 radical (unpaired) electrons. The van der Waals surface area contributed by atoms with Crippen molar-refractivity contribution in [2.45, 2.75) is 6.42 Å². The highest BCUT2D eigenvalue weighted by atomic mass is 16.5. The summed E-state index contributed by atoms with van der Waals surface area (Å²) >= 11 is 0. The number of nitrogens with one attached hydrogen (secondary N) is 1. The summed E-state index contributed by atoms with van der Waals surface area (Å²) in [6.45, 7) is 1.81. The molecule has 0 atom stereocenters. The first-order chi connectivity index (χ1) is 8.27. The van der Waals surface area contributed by atoms with Crippen LogP contribution in [0.1, 0.15) is 5.56 Å². The smallest absolute Gasteiger partial charge is 0.232 e. The molecule has 1 amide bonds. The van der Waals surface area contributed by atoms with Gasteiger partial charge in [-0.2, -0.15) is 0 Å². The Hall–Kier alpha value is -1.46. The number of nitrogens with zero attached hydrogens (tertiary/aromatic N) is 1. The van der Waals surface area contributed by atoms with Crippen molar-refractivity contribution in [2.24, 2.45) is 11.1 Å². The monoisotopic (exact) mass is 235 g/mol. The van der Waals surface area contributed by atoms with Crippen LogP contribution in [0.25, 0.3) is 0 Å². The van der Waals surface area contributed by atoms with Gasteiger partial charge < -0.3 is 15.8 Å². The third-order valence-corrected chi connectivity index (χ3v) is 3.05. The van der Waals surface area contributed by atoms with Crippen molar-refractivity contribution >= 4 is 5.91 Å². The molecule has 0 aromatic carbocycles. The molecule has 2 rings (SSSR count). The van der Waals surface area contributed by atoms with Crippen LogP contribution >= 0.6 is 0 Å². The molecule has 0 bridgehead atoms. The van der Waals surface area contributed by atoms with Gasteiger partial charge in [-0.15, -0.1) is 0 Å². The van der Waals surface area contributed by atoms with E-state index in [9.17, 15) is 4.79 Å². The third-order valence-electron chi connectivity index (χ3n) is 3.05. The number of ether oxygens (including phenoxy) is 1. The zero-order valence-electron chi connectivity index (χ0n) is 9.69. The molecule has 0 unspecified atom stereocenters. The lowest BCUT2D eigenvalue weighted by Crippen LogP contribution is -2.58. The van der Waals surface area contributed by atoms with Crippen LogP contribution in [0.4, 0.5) is 0 Å². The van der Waals surface area contributed by atoms with Crippen molar-refractivity contribution in [1.82, 2.24) is 10.3 Å². The standard InChI is InChI=1S/C12H17N3O2/c13-7-12(8-17-9-12)11(16)15-5-3-10-2-1-4-14-6-10/h1-2,4,6H,3,5,7-9,13H2,(H,15,16). The molecular weight excluding hydrogens is 218 g/mol. The van der Waals surface area contributed by atoms with Crippen molar-refractivity contribution in [1.29, 1.82) is 0 Å². The Bertz CT molecular complexity index is 371. The number of rotatable bonds is 5. The summed E-state index contributed by atoms with van der Waals surface area (Å²) in [5.74, 6) is -0.00450. The maximum atomic E-state index is 11.9. The minimum Gasteiger partial charge on any atom is -0.379 e. The predicted octanol–water partition coefficient (Wildman–Crippen LogP) is -0.284. The number of hydrogen-bond acceptors (Lipinski definition) is 4. The molecule has 0 spiro atoms. The molecule has 17 heavy (non-hydrogen) atoms. The van der Waals surface area contributed by atoms with Gasteiger partial charge in [0.2, 0.25) is 5.91 Å². The van der Waals surface area contributed by atoms with E-state index in [-0.39, 0.29) is 5.91 Å². The number of pyridine rings is 1. The number of carbonyl (C=O) groups is 1. The van der Waals surface area contributed by atoms with E-state index in [1.165, 1.54) is 0 Å². The number of carbonyl (C=O) groups excluding carboxylic acids is 1. The van der Waals surface area contributed by atoms with E-state index in [1.54, 1.807) is 12.4 Å². The van der Waals surface area contributed by atoms with Crippen LogP contribution in [0.3, 0.4) is 0 Å². The Balaban J connectivity index is 1.77. The van der Waals surface area contributed by atoms with Crippen molar-refractivity contribution in [3.63, 3.8) is 0 Å². The Morgan fingerprint density at radius 1 is 1.59 bits per heavy atom. The molecule has 5 heteroatoms. The molecule has 2 heterocycles. The van der Waals surface area contributed by atoms with Crippen molar-refractivity contribution in [3.05, 3.63) is 30.1 Å². The molecule has 1 saturated heterocycles. The molecule has 0 aliphatic carbocycles. The Kier molecular flexibility index (Phi) is 3.71. The maximum Gasteiger partial charge on any atom is 0.232 e. The fourth-order valence-corrected chi connectivity index (χ4v) is 1.74. The first kappa shape index (κ1) is 12.0. The van der Waals surface area contributed by atoms with Gasteiger partial charge in [-0.25, -0.2) is 0 Å². The van der Waals surface area contributed by atoms with Gasteiger partial charge in [-0.1, -0.05) is 6.07 Å². The lowest BCUT2D eigenvalue weighted by atomic mass is 9.85. The third kappa shape index (κ3) is 2.62. The molecular formula is C12H17N3O2. The molecule has 1 aromatic heterocycles. The second-order valence-corrected chi connectivity index (χ2v) is 4.34. The Morgan fingerprint density at radius 3 is 2.94 bits per heavy atom. The zero-order valence-corrected chi connectivity index (χ0v) is 9.69. The molecule has 92 valence electrons. The van der Waals surface area contributed by atoms with E-state index in [1.807, 2.05) is 12.1 Å². The maximum absolute atomic E-state index is 11.9. The molecule has 1 aromatic rings. The van der Waals surface area contributed by atoms with Crippen LogP contribution in [0.15, 0.2) is 24.5 Å². The fraction of sp³-hybridized carbons (Fsp3) is 0.500. The van der Waals surface area contributed by atoms with E-state index < -0.39 is 5.41 Å². The summed E-state index contributed by atoms with van der Waals surface area (Å²) in [6.07, 6.45) is 4.32. The predicted molar refractivity (Wildman–Crippen MR) is 63.3 cm³/mol. The molecule has 0 saturated carbocycles. The van der Waals surface area contributed by atoms with E-state index in [0.717, 1.165) is 12.0 Å². The largest absolute Gasteiger partial charge is 0.379 e. The van der Waals surface area contributed by atoms with Gasteiger partial charge in [0, 0.05) is 25.5 Å². The van der Waals surface area contributed by atoms with Crippen LogP contribution in [-0.4, -0.2) is 37.2 Å². The minimum absolute atomic E-state index is 0.00450. The second-order valence-electron chi connectivity index (χ2n) is 4.34. The number of nitrogens with two attached hydrogens (primary N) is 1. The highest BCUT2D eigenvalue weighted by Crippen LogP contribution is 2.25. The normalized spacial score (nSPS) is 17.2. The first-order valence-electron chi connectivity index (χ1n) is 5.72. The zero-order chi connectivity index (χ0) is 12.1. The fourth-order valence-electron chi connectivity index (χ4n) is 1.74. The summed E-state index contributed by atoms with van der Waals surface area (Å²) in [5, 5.41) is 2.90. The highest BCUT2D eigenvalue weighted by Gasteiger charge is 2.44. The van der Waals surface area contributed by atoms with E-state index in [4.69, 9.17) is 10.5 Å². The molecule has 3 N–H and O–H groups in total. The molecule has 1 aliphatic rings. The number of amides is 1. The average molecular weight is 235 g/mol. The minimum atomic E-state index is -0.491. The topological polar surface area (TPSA) is 77.2 Å². The van der Waals surface area contributed by atoms with E-state index >= 15 is 0 Å². The van der Waals surface area contributed by atoms with E-state index in [2.05, 4.69) is 10.3 Å². The van der Waals surface area contributed by atoms with Gasteiger partial charge in [-0.05, 0) is 18.1 Å². The SMILES string of the molecule is NCC1(C(=O)NCCc2cccnc2)COC1.